The molecule has 1 aliphatic rings. The van der Waals surface area contributed by atoms with Crippen molar-refractivity contribution in [1.82, 2.24) is 4.57 Å². The summed E-state index contributed by atoms with van der Waals surface area (Å²) in [5.41, 5.74) is 1.89. The maximum Gasteiger partial charge on any atom is 0.338 e. The molecule has 1 aliphatic heterocycles. The van der Waals surface area contributed by atoms with E-state index in [2.05, 4.69) is 4.99 Å². The number of carbonyl (C=O) groups is 2. The van der Waals surface area contributed by atoms with Gasteiger partial charge in [0.2, 0.25) is 0 Å². The van der Waals surface area contributed by atoms with Crippen LogP contribution in [0.15, 0.2) is 63.5 Å². The molecule has 0 radical (unpaired) electrons. The van der Waals surface area contributed by atoms with Crippen molar-refractivity contribution in [2.24, 2.45) is 4.99 Å². The zero-order valence-corrected chi connectivity index (χ0v) is 22.6. The Labute approximate surface area is 223 Å². The van der Waals surface area contributed by atoms with Crippen molar-refractivity contribution in [2.45, 2.75) is 33.7 Å². The molecule has 4 rings (SSSR count). The Morgan fingerprint density at radius 3 is 2.45 bits per heavy atom. The van der Waals surface area contributed by atoms with Crippen LogP contribution in [-0.4, -0.2) is 36.8 Å². The highest BCUT2D eigenvalue weighted by molar-refractivity contribution is 7.07. The van der Waals surface area contributed by atoms with Gasteiger partial charge in [-0.2, -0.15) is 0 Å². The van der Waals surface area contributed by atoms with Crippen LogP contribution in [0.2, 0.25) is 0 Å². The van der Waals surface area contributed by atoms with E-state index in [0.717, 1.165) is 5.56 Å². The molecule has 1 atom stereocenters. The molecule has 0 saturated carbocycles. The molecule has 0 fully saturated rings. The van der Waals surface area contributed by atoms with E-state index in [1.54, 1.807) is 38.1 Å². The Bertz CT molecular complexity index is 1580. The number of benzene rings is 2. The number of fused-ring (bicyclic) bond motifs is 1. The first kappa shape index (κ1) is 26.9. The molecule has 0 aliphatic carbocycles. The molecule has 10 heteroatoms. The van der Waals surface area contributed by atoms with Gasteiger partial charge in [0.1, 0.15) is 5.75 Å². The van der Waals surface area contributed by atoms with Gasteiger partial charge in [-0.3, -0.25) is 14.2 Å². The molecule has 9 nitrogen and oxygen atoms in total. The van der Waals surface area contributed by atoms with Gasteiger partial charge in [0.05, 0.1) is 42.2 Å². The van der Waals surface area contributed by atoms with E-state index < -0.39 is 18.0 Å². The number of rotatable bonds is 8. The van der Waals surface area contributed by atoms with Gasteiger partial charge in [-0.15, -0.1) is 0 Å². The fourth-order valence-corrected chi connectivity index (χ4v) is 5.23. The second-order valence-corrected chi connectivity index (χ2v) is 9.32. The highest BCUT2D eigenvalue weighted by Gasteiger charge is 2.33. The average Bonchev–Trinajstić information content (AvgIpc) is 3.18. The molecular formula is C28H28N2O7S. The maximum atomic E-state index is 13.8. The number of aromatic nitrogens is 1. The monoisotopic (exact) mass is 536 g/mol. The van der Waals surface area contributed by atoms with Gasteiger partial charge in [0.15, 0.2) is 16.3 Å². The van der Waals surface area contributed by atoms with Crippen LogP contribution in [0.4, 0.5) is 0 Å². The molecule has 38 heavy (non-hydrogen) atoms. The average molecular weight is 537 g/mol. The molecule has 0 N–H and O–H groups in total. The summed E-state index contributed by atoms with van der Waals surface area (Å²) < 4.78 is 23.4. The van der Waals surface area contributed by atoms with E-state index in [0.29, 0.717) is 44.3 Å². The first-order valence-electron chi connectivity index (χ1n) is 12.1. The van der Waals surface area contributed by atoms with Crippen LogP contribution in [0.3, 0.4) is 0 Å². The second kappa shape index (κ2) is 11.5. The third-order valence-electron chi connectivity index (χ3n) is 5.76. The molecule has 0 saturated heterocycles. The zero-order valence-electron chi connectivity index (χ0n) is 21.8. The summed E-state index contributed by atoms with van der Waals surface area (Å²) in [6, 6.07) is 11.6. The Morgan fingerprint density at radius 1 is 1.08 bits per heavy atom. The quantitative estimate of drug-likeness (QED) is 0.322. The Hall–Kier alpha value is -4.18. The molecule has 198 valence electrons. The van der Waals surface area contributed by atoms with Crippen LogP contribution >= 0.6 is 11.3 Å². The third-order valence-corrected chi connectivity index (χ3v) is 6.75. The SMILES string of the molecule is CCOC(=O)C1=C(C)N=c2s/c(=C/c3ccc(OC(C)=O)c(OC)c3)c(=O)n2[C@@H]1c1ccc(OCC)cc1. The van der Waals surface area contributed by atoms with E-state index in [9.17, 15) is 14.4 Å². The van der Waals surface area contributed by atoms with Gasteiger partial charge in [-0.25, -0.2) is 9.79 Å². The summed E-state index contributed by atoms with van der Waals surface area (Å²) in [6.45, 7) is 7.40. The Balaban J connectivity index is 1.87. The fourth-order valence-electron chi connectivity index (χ4n) is 4.18. The summed E-state index contributed by atoms with van der Waals surface area (Å²) in [7, 11) is 1.47. The van der Waals surface area contributed by atoms with Gasteiger partial charge in [-0.1, -0.05) is 29.5 Å². The molecule has 0 unspecified atom stereocenters. The van der Waals surface area contributed by atoms with E-state index in [-0.39, 0.29) is 17.9 Å². The summed E-state index contributed by atoms with van der Waals surface area (Å²) in [6.07, 6.45) is 1.71. The first-order chi connectivity index (χ1) is 18.3. The number of ether oxygens (including phenoxy) is 4. The van der Waals surface area contributed by atoms with Crippen LogP contribution in [0.25, 0.3) is 6.08 Å². The lowest BCUT2D eigenvalue weighted by atomic mass is 9.96. The minimum atomic E-state index is -0.719. The van der Waals surface area contributed by atoms with Crippen molar-refractivity contribution in [2.75, 3.05) is 20.3 Å². The lowest BCUT2D eigenvalue weighted by Gasteiger charge is -2.24. The summed E-state index contributed by atoms with van der Waals surface area (Å²) in [5.74, 6) is 0.338. The van der Waals surface area contributed by atoms with E-state index in [1.165, 1.54) is 29.9 Å². The van der Waals surface area contributed by atoms with E-state index in [1.807, 2.05) is 31.2 Å². The molecule has 2 heterocycles. The standard InChI is InChI=1S/C28H28N2O7S/c1-6-35-20-11-9-19(10-12-20)25-24(27(33)36-7-2)16(3)29-28-30(25)26(32)23(38-28)15-18-8-13-21(37-17(4)31)22(14-18)34-5/h8-15,25H,6-7H2,1-5H3/b23-15+/t25-/m1/s1. The molecule has 2 aromatic carbocycles. The van der Waals surface area contributed by atoms with Crippen LogP contribution in [0.5, 0.6) is 17.2 Å². The van der Waals surface area contributed by atoms with Gasteiger partial charge in [-0.05, 0) is 62.2 Å². The van der Waals surface area contributed by atoms with Crippen molar-refractivity contribution in [3.63, 3.8) is 0 Å². The van der Waals surface area contributed by atoms with Crippen LogP contribution in [-0.2, 0) is 14.3 Å². The number of allylic oxidation sites excluding steroid dienone is 1. The Kier molecular flexibility index (Phi) is 8.11. The van der Waals surface area contributed by atoms with Crippen molar-refractivity contribution in [3.05, 3.63) is 84.5 Å². The number of esters is 2. The molecule has 0 bridgehead atoms. The predicted molar refractivity (Wildman–Crippen MR) is 142 cm³/mol. The van der Waals surface area contributed by atoms with E-state index >= 15 is 0 Å². The summed E-state index contributed by atoms with van der Waals surface area (Å²) in [4.78, 5) is 43.2. The van der Waals surface area contributed by atoms with Crippen molar-refractivity contribution < 1.29 is 28.5 Å². The smallest absolute Gasteiger partial charge is 0.338 e. The van der Waals surface area contributed by atoms with Gasteiger partial charge in [0.25, 0.3) is 5.56 Å². The third kappa shape index (κ3) is 5.40. The minimum absolute atomic E-state index is 0.196. The number of hydrogen-bond donors (Lipinski definition) is 0. The van der Waals surface area contributed by atoms with Crippen molar-refractivity contribution in [3.8, 4) is 17.2 Å². The highest BCUT2D eigenvalue weighted by Crippen LogP contribution is 2.32. The zero-order chi connectivity index (χ0) is 27.4. The van der Waals surface area contributed by atoms with Gasteiger partial charge < -0.3 is 18.9 Å². The van der Waals surface area contributed by atoms with Gasteiger partial charge >= 0.3 is 11.9 Å². The molecule has 1 aromatic heterocycles. The Morgan fingerprint density at radius 2 is 1.82 bits per heavy atom. The maximum absolute atomic E-state index is 13.8. The first-order valence-corrected chi connectivity index (χ1v) is 12.9. The topological polar surface area (TPSA) is 105 Å². The van der Waals surface area contributed by atoms with Crippen molar-refractivity contribution >= 4 is 29.4 Å². The van der Waals surface area contributed by atoms with Crippen LogP contribution < -0.4 is 29.1 Å². The summed E-state index contributed by atoms with van der Waals surface area (Å²) in [5, 5.41) is 0. The molecular weight excluding hydrogens is 508 g/mol. The number of nitrogens with zero attached hydrogens (tertiary/aromatic N) is 2. The summed E-state index contributed by atoms with van der Waals surface area (Å²) >= 11 is 1.22. The molecule has 0 amide bonds. The normalized spacial score (nSPS) is 15.0. The number of hydrogen-bond acceptors (Lipinski definition) is 9. The van der Waals surface area contributed by atoms with E-state index in [4.69, 9.17) is 18.9 Å². The lowest BCUT2D eigenvalue weighted by Crippen LogP contribution is -2.39. The van der Waals surface area contributed by atoms with Gasteiger partial charge in [0, 0.05) is 6.92 Å². The molecule has 0 spiro atoms. The molecule has 3 aromatic rings. The van der Waals surface area contributed by atoms with Crippen LogP contribution in [0, 0.1) is 0 Å². The predicted octanol–water partition coefficient (Wildman–Crippen LogP) is 3.13. The second-order valence-electron chi connectivity index (χ2n) is 8.31. The highest BCUT2D eigenvalue weighted by atomic mass is 32.1. The largest absolute Gasteiger partial charge is 0.494 e. The van der Waals surface area contributed by atoms with Crippen molar-refractivity contribution in [1.29, 1.82) is 0 Å². The minimum Gasteiger partial charge on any atom is -0.494 e. The number of carbonyl (C=O) groups excluding carboxylic acids is 2. The number of methoxy groups -OCH3 is 1. The number of thiazole rings is 1. The van der Waals surface area contributed by atoms with Crippen LogP contribution in [0.1, 0.15) is 44.9 Å². The lowest BCUT2D eigenvalue weighted by molar-refractivity contribution is -0.139. The fraction of sp³-hybridized carbons (Fsp3) is 0.286.